The van der Waals surface area contributed by atoms with Crippen LogP contribution in [0, 0.1) is 0 Å². The van der Waals surface area contributed by atoms with Crippen LogP contribution in [-0.2, 0) is 17.9 Å². The van der Waals surface area contributed by atoms with Crippen LogP contribution in [-0.4, -0.2) is 21.6 Å². The van der Waals surface area contributed by atoms with E-state index >= 15 is 0 Å². The summed E-state index contributed by atoms with van der Waals surface area (Å²) in [5, 5.41) is 9.75. The zero-order chi connectivity index (χ0) is 18.4. The number of nitrogens with zero attached hydrogens (tertiary/aromatic N) is 2. The molecule has 2 N–H and O–H groups in total. The number of benzene rings is 2. The van der Waals surface area contributed by atoms with E-state index in [-0.39, 0.29) is 11.8 Å². The summed E-state index contributed by atoms with van der Waals surface area (Å²) in [5.41, 5.74) is 3.27. The fourth-order valence-corrected chi connectivity index (χ4v) is 2.57. The van der Waals surface area contributed by atoms with Crippen molar-refractivity contribution in [2.24, 2.45) is 0 Å². The van der Waals surface area contributed by atoms with E-state index in [1.165, 1.54) is 6.92 Å². The van der Waals surface area contributed by atoms with E-state index in [0.29, 0.717) is 17.8 Å². The summed E-state index contributed by atoms with van der Waals surface area (Å²) in [7, 11) is 0. The maximum Gasteiger partial charge on any atom is 0.251 e. The third kappa shape index (κ3) is 4.80. The molecule has 1 aromatic heterocycles. The SMILES string of the molecule is CC(=O)Nc1cccc(C(=O)NCc2ccc(Cn3cccn3)cc2)c1. The Kier molecular flexibility index (Phi) is 5.43. The third-order valence-electron chi connectivity index (χ3n) is 3.82. The number of hydrogen-bond donors (Lipinski definition) is 2. The van der Waals surface area contributed by atoms with Crippen molar-refractivity contribution in [2.75, 3.05) is 5.32 Å². The standard InChI is InChI=1S/C20H20N4O2/c1-15(25)23-19-5-2-4-18(12-19)20(26)21-13-16-6-8-17(9-7-16)14-24-11-3-10-22-24/h2-12H,13-14H2,1H3,(H,21,26)(H,23,25). The quantitative estimate of drug-likeness (QED) is 0.719. The van der Waals surface area contributed by atoms with Crippen molar-refractivity contribution >= 4 is 17.5 Å². The van der Waals surface area contributed by atoms with Crippen LogP contribution < -0.4 is 10.6 Å². The zero-order valence-corrected chi connectivity index (χ0v) is 14.5. The van der Waals surface area contributed by atoms with Crippen molar-refractivity contribution in [3.05, 3.63) is 83.7 Å². The van der Waals surface area contributed by atoms with Gasteiger partial charge in [0.1, 0.15) is 0 Å². The van der Waals surface area contributed by atoms with Crippen molar-refractivity contribution in [1.82, 2.24) is 15.1 Å². The van der Waals surface area contributed by atoms with Gasteiger partial charge in [-0.05, 0) is 35.4 Å². The Bertz CT molecular complexity index is 886. The normalized spacial score (nSPS) is 10.3. The lowest BCUT2D eigenvalue weighted by atomic mass is 10.1. The molecule has 1 heterocycles. The molecule has 132 valence electrons. The second-order valence-electron chi connectivity index (χ2n) is 5.96. The first-order valence-corrected chi connectivity index (χ1v) is 8.31. The second-order valence-corrected chi connectivity index (χ2v) is 5.96. The van der Waals surface area contributed by atoms with E-state index in [0.717, 1.165) is 17.7 Å². The summed E-state index contributed by atoms with van der Waals surface area (Å²) in [4.78, 5) is 23.4. The average molecular weight is 348 g/mol. The van der Waals surface area contributed by atoms with Crippen LogP contribution in [0.1, 0.15) is 28.4 Å². The summed E-state index contributed by atoms with van der Waals surface area (Å²) in [6.45, 7) is 2.59. The lowest BCUT2D eigenvalue weighted by Gasteiger charge is -2.08. The lowest BCUT2D eigenvalue weighted by molar-refractivity contribution is -0.114. The first kappa shape index (κ1) is 17.4. The van der Waals surface area contributed by atoms with Crippen LogP contribution in [0.2, 0.25) is 0 Å². The maximum absolute atomic E-state index is 12.3. The van der Waals surface area contributed by atoms with Gasteiger partial charge in [0.25, 0.3) is 5.91 Å². The summed E-state index contributed by atoms with van der Waals surface area (Å²) in [6.07, 6.45) is 3.67. The average Bonchev–Trinajstić information content (AvgIpc) is 3.13. The molecular formula is C20H20N4O2. The number of aromatic nitrogens is 2. The van der Waals surface area contributed by atoms with E-state index < -0.39 is 0 Å². The Hall–Kier alpha value is -3.41. The van der Waals surface area contributed by atoms with Crippen molar-refractivity contribution in [2.45, 2.75) is 20.0 Å². The van der Waals surface area contributed by atoms with Crippen LogP contribution in [0.25, 0.3) is 0 Å². The molecule has 0 unspecified atom stereocenters. The molecule has 0 aliphatic rings. The van der Waals surface area contributed by atoms with Gasteiger partial charge in [-0.1, -0.05) is 30.3 Å². The van der Waals surface area contributed by atoms with Gasteiger partial charge in [-0.3, -0.25) is 14.3 Å². The van der Waals surface area contributed by atoms with Gasteiger partial charge in [0.2, 0.25) is 5.91 Å². The molecule has 0 aliphatic carbocycles. The largest absolute Gasteiger partial charge is 0.348 e. The molecule has 0 bridgehead atoms. The number of rotatable bonds is 6. The Balaban J connectivity index is 1.56. The third-order valence-corrected chi connectivity index (χ3v) is 3.82. The van der Waals surface area contributed by atoms with Gasteiger partial charge < -0.3 is 10.6 Å². The van der Waals surface area contributed by atoms with E-state index in [1.54, 1.807) is 30.5 Å². The molecule has 3 aromatic rings. The summed E-state index contributed by atoms with van der Waals surface area (Å²) >= 11 is 0. The van der Waals surface area contributed by atoms with Crippen molar-refractivity contribution in [3.8, 4) is 0 Å². The Morgan fingerprint density at radius 2 is 1.81 bits per heavy atom. The molecule has 0 spiro atoms. The highest BCUT2D eigenvalue weighted by Gasteiger charge is 2.07. The smallest absolute Gasteiger partial charge is 0.251 e. The van der Waals surface area contributed by atoms with Gasteiger partial charge in [0, 0.05) is 37.1 Å². The summed E-state index contributed by atoms with van der Waals surface area (Å²) < 4.78 is 1.86. The van der Waals surface area contributed by atoms with Crippen molar-refractivity contribution < 1.29 is 9.59 Å². The van der Waals surface area contributed by atoms with E-state index in [2.05, 4.69) is 15.7 Å². The molecule has 2 aromatic carbocycles. The maximum atomic E-state index is 12.3. The zero-order valence-electron chi connectivity index (χ0n) is 14.5. The predicted molar refractivity (Wildman–Crippen MR) is 99.7 cm³/mol. The molecule has 0 aliphatic heterocycles. The van der Waals surface area contributed by atoms with E-state index in [4.69, 9.17) is 0 Å². The minimum absolute atomic E-state index is 0.169. The van der Waals surface area contributed by atoms with Crippen LogP contribution in [0.4, 0.5) is 5.69 Å². The molecule has 6 nitrogen and oxygen atoms in total. The number of nitrogens with one attached hydrogen (secondary N) is 2. The van der Waals surface area contributed by atoms with Crippen LogP contribution in [0.3, 0.4) is 0 Å². The molecule has 0 radical (unpaired) electrons. The molecule has 2 amide bonds. The van der Waals surface area contributed by atoms with Gasteiger partial charge in [-0.15, -0.1) is 0 Å². The minimum Gasteiger partial charge on any atom is -0.348 e. The molecule has 6 heteroatoms. The van der Waals surface area contributed by atoms with E-state index in [9.17, 15) is 9.59 Å². The molecule has 0 fully saturated rings. The molecule has 3 rings (SSSR count). The number of carbonyl (C=O) groups excluding carboxylic acids is 2. The monoisotopic (exact) mass is 348 g/mol. The molecular weight excluding hydrogens is 328 g/mol. The van der Waals surface area contributed by atoms with Crippen molar-refractivity contribution in [3.63, 3.8) is 0 Å². The Morgan fingerprint density at radius 1 is 1.04 bits per heavy atom. The topological polar surface area (TPSA) is 76.0 Å². The first-order valence-electron chi connectivity index (χ1n) is 8.31. The number of hydrogen-bond acceptors (Lipinski definition) is 3. The van der Waals surface area contributed by atoms with Gasteiger partial charge in [-0.2, -0.15) is 5.10 Å². The lowest BCUT2D eigenvalue weighted by Crippen LogP contribution is -2.23. The van der Waals surface area contributed by atoms with Crippen LogP contribution in [0.15, 0.2) is 67.0 Å². The van der Waals surface area contributed by atoms with Gasteiger partial charge in [0.05, 0.1) is 6.54 Å². The second kappa shape index (κ2) is 8.11. The van der Waals surface area contributed by atoms with Crippen molar-refractivity contribution in [1.29, 1.82) is 0 Å². The van der Waals surface area contributed by atoms with Gasteiger partial charge >= 0.3 is 0 Å². The highest BCUT2D eigenvalue weighted by molar-refractivity contribution is 5.96. The Labute approximate surface area is 151 Å². The Morgan fingerprint density at radius 3 is 2.50 bits per heavy atom. The molecule has 26 heavy (non-hydrogen) atoms. The number of anilines is 1. The number of amides is 2. The minimum atomic E-state index is -0.183. The first-order chi connectivity index (χ1) is 12.6. The predicted octanol–water partition coefficient (Wildman–Crippen LogP) is 2.82. The molecule has 0 saturated heterocycles. The number of carbonyl (C=O) groups is 2. The van der Waals surface area contributed by atoms with E-state index in [1.807, 2.05) is 41.2 Å². The van der Waals surface area contributed by atoms with Crippen LogP contribution in [0.5, 0.6) is 0 Å². The highest BCUT2D eigenvalue weighted by Crippen LogP contribution is 2.11. The molecule has 0 saturated carbocycles. The van der Waals surface area contributed by atoms with Gasteiger partial charge in [-0.25, -0.2) is 0 Å². The fraction of sp³-hybridized carbons (Fsp3) is 0.150. The summed E-state index contributed by atoms with van der Waals surface area (Å²) in [5.74, 6) is -0.351. The summed E-state index contributed by atoms with van der Waals surface area (Å²) in [6, 6.07) is 16.8. The van der Waals surface area contributed by atoms with Gasteiger partial charge in [0.15, 0.2) is 0 Å². The fourth-order valence-electron chi connectivity index (χ4n) is 2.57. The molecule has 0 atom stereocenters. The highest BCUT2D eigenvalue weighted by atomic mass is 16.2. The van der Waals surface area contributed by atoms with Crippen LogP contribution >= 0.6 is 0 Å².